The van der Waals surface area contributed by atoms with Crippen molar-refractivity contribution in [2.75, 3.05) is 48.8 Å². The minimum atomic E-state index is -0.269. The topological polar surface area (TPSA) is 73.9 Å². The number of nitrogens with zero attached hydrogens (tertiary/aromatic N) is 2. The fourth-order valence-corrected chi connectivity index (χ4v) is 4.16. The molecule has 7 nitrogen and oxygen atoms in total. The molecule has 0 unspecified atom stereocenters. The Morgan fingerprint density at radius 2 is 1.51 bits per heavy atom. The highest BCUT2D eigenvalue weighted by molar-refractivity contribution is 5.99. The Kier molecular flexibility index (Phi) is 7.88. The number of benzene rings is 3. The molecular weight excluding hydrogens is 440 g/mol. The number of amides is 3. The van der Waals surface area contributed by atoms with Crippen molar-refractivity contribution in [3.63, 3.8) is 0 Å². The van der Waals surface area contributed by atoms with Crippen LogP contribution in [0.3, 0.4) is 0 Å². The van der Waals surface area contributed by atoms with Gasteiger partial charge in [0, 0.05) is 43.2 Å². The van der Waals surface area contributed by atoms with Crippen molar-refractivity contribution in [3.8, 4) is 5.75 Å². The van der Waals surface area contributed by atoms with Crippen LogP contribution in [0.1, 0.15) is 18.1 Å². The molecule has 35 heavy (non-hydrogen) atoms. The molecule has 182 valence electrons. The van der Waals surface area contributed by atoms with Crippen molar-refractivity contribution in [2.45, 2.75) is 19.8 Å². The fraction of sp³-hybridized carbons (Fsp3) is 0.286. The summed E-state index contributed by atoms with van der Waals surface area (Å²) >= 11 is 0. The number of ether oxygens (including phenoxy) is 1. The number of nitrogens with one attached hydrogen (secondary N) is 2. The first-order valence-electron chi connectivity index (χ1n) is 12.0. The van der Waals surface area contributed by atoms with Gasteiger partial charge in [-0.3, -0.25) is 4.79 Å². The molecule has 1 aliphatic heterocycles. The van der Waals surface area contributed by atoms with Crippen molar-refractivity contribution >= 4 is 29.0 Å². The summed E-state index contributed by atoms with van der Waals surface area (Å²) < 4.78 is 5.18. The van der Waals surface area contributed by atoms with E-state index in [1.165, 1.54) is 5.56 Å². The molecule has 1 heterocycles. The second-order valence-electron chi connectivity index (χ2n) is 8.57. The zero-order chi connectivity index (χ0) is 24.6. The summed E-state index contributed by atoms with van der Waals surface area (Å²) in [6, 6.07) is 23.0. The van der Waals surface area contributed by atoms with Crippen LogP contribution in [0, 0.1) is 0 Å². The summed E-state index contributed by atoms with van der Waals surface area (Å²) in [5.74, 6) is 0.934. The highest BCUT2D eigenvalue weighted by Gasteiger charge is 2.21. The number of aryl methyl sites for hydroxylation is 1. The number of hydrogen-bond acceptors (Lipinski definition) is 4. The number of hydrogen-bond donors (Lipinski definition) is 2. The lowest BCUT2D eigenvalue weighted by Gasteiger charge is -2.36. The standard InChI is InChI=1S/C28H32N4O3/c1-3-21-5-4-6-24(19-21)30-28(34)29-23-9-11-25(12-10-23)31-15-17-32(18-16-31)27(33)20-22-7-13-26(35-2)14-8-22/h4-14,19H,3,15-18,20H2,1-2H3,(H2,29,30,34). The van der Waals surface area contributed by atoms with Crippen LogP contribution >= 0.6 is 0 Å². The monoisotopic (exact) mass is 472 g/mol. The van der Waals surface area contributed by atoms with E-state index in [2.05, 4.69) is 22.5 Å². The second-order valence-corrected chi connectivity index (χ2v) is 8.57. The Bertz CT molecular complexity index is 1140. The van der Waals surface area contributed by atoms with E-state index in [0.717, 1.165) is 47.9 Å². The SMILES string of the molecule is CCc1cccc(NC(=O)Nc2ccc(N3CCN(C(=O)Cc4ccc(OC)cc4)CC3)cc2)c1. The molecule has 0 aliphatic carbocycles. The lowest BCUT2D eigenvalue weighted by molar-refractivity contribution is -0.130. The molecule has 0 radical (unpaired) electrons. The summed E-state index contributed by atoms with van der Waals surface area (Å²) in [4.78, 5) is 29.3. The molecule has 1 saturated heterocycles. The molecule has 0 bridgehead atoms. The van der Waals surface area contributed by atoms with Gasteiger partial charge in [-0.05, 0) is 66.1 Å². The molecule has 3 amide bonds. The smallest absolute Gasteiger partial charge is 0.323 e. The van der Waals surface area contributed by atoms with E-state index in [9.17, 15) is 9.59 Å². The highest BCUT2D eigenvalue weighted by atomic mass is 16.5. The molecule has 3 aromatic carbocycles. The third kappa shape index (κ3) is 6.53. The summed E-state index contributed by atoms with van der Waals surface area (Å²) in [6.45, 7) is 5.01. The van der Waals surface area contributed by atoms with Crippen LogP contribution in [0.4, 0.5) is 21.9 Å². The van der Waals surface area contributed by atoms with Gasteiger partial charge in [-0.2, -0.15) is 0 Å². The van der Waals surface area contributed by atoms with Crippen LogP contribution < -0.4 is 20.3 Å². The first-order valence-corrected chi connectivity index (χ1v) is 12.0. The summed E-state index contributed by atoms with van der Waals surface area (Å²) in [7, 11) is 1.63. The van der Waals surface area contributed by atoms with Gasteiger partial charge in [-0.1, -0.05) is 31.2 Å². The van der Waals surface area contributed by atoms with Crippen LogP contribution in [0.25, 0.3) is 0 Å². The lowest BCUT2D eigenvalue weighted by atomic mass is 10.1. The third-order valence-corrected chi connectivity index (χ3v) is 6.23. The summed E-state index contributed by atoms with van der Waals surface area (Å²) in [6.07, 6.45) is 1.32. The fourth-order valence-electron chi connectivity index (χ4n) is 4.16. The first-order chi connectivity index (χ1) is 17.0. The summed E-state index contributed by atoms with van der Waals surface area (Å²) in [5, 5.41) is 5.76. The van der Waals surface area contributed by atoms with Crippen molar-refractivity contribution < 1.29 is 14.3 Å². The minimum Gasteiger partial charge on any atom is -0.497 e. The van der Waals surface area contributed by atoms with E-state index in [1.807, 2.05) is 77.7 Å². The Balaban J connectivity index is 1.25. The van der Waals surface area contributed by atoms with E-state index < -0.39 is 0 Å². The molecule has 2 N–H and O–H groups in total. The number of piperazine rings is 1. The molecule has 1 fully saturated rings. The predicted octanol–water partition coefficient (Wildman–Crippen LogP) is 4.79. The highest BCUT2D eigenvalue weighted by Crippen LogP contribution is 2.21. The molecule has 0 saturated carbocycles. The van der Waals surface area contributed by atoms with Crippen LogP contribution in [-0.2, 0) is 17.6 Å². The number of anilines is 3. The minimum absolute atomic E-state index is 0.143. The Labute approximate surface area is 206 Å². The Morgan fingerprint density at radius 1 is 0.829 bits per heavy atom. The van der Waals surface area contributed by atoms with Gasteiger partial charge in [0.2, 0.25) is 5.91 Å². The molecule has 7 heteroatoms. The quantitative estimate of drug-likeness (QED) is 0.518. The van der Waals surface area contributed by atoms with E-state index in [4.69, 9.17) is 4.74 Å². The van der Waals surface area contributed by atoms with Gasteiger partial charge in [0.05, 0.1) is 13.5 Å². The molecular formula is C28H32N4O3. The number of urea groups is 1. The van der Waals surface area contributed by atoms with E-state index in [0.29, 0.717) is 19.5 Å². The van der Waals surface area contributed by atoms with E-state index in [-0.39, 0.29) is 11.9 Å². The maximum absolute atomic E-state index is 12.7. The van der Waals surface area contributed by atoms with Gasteiger partial charge in [-0.25, -0.2) is 4.79 Å². The largest absolute Gasteiger partial charge is 0.497 e. The van der Waals surface area contributed by atoms with Crippen molar-refractivity contribution in [2.24, 2.45) is 0 Å². The van der Waals surface area contributed by atoms with Crippen LogP contribution in [0.15, 0.2) is 72.8 Å². The predicted molar refractivity (Wildman–Crippen MR) is 140 cm³/mol. The first kappa shape index (κ1) is 24.1. The number of carbonyl (C=O) groups is 2. The van der Waals surface area contributed by atoms with Crippen LogP contribution in [0.2, 0.25) is 0 Å². The molecule has 0 spiro atoms. The maximum Gasteiger partial charge on any atom is 0.323 e. The van der Waals surface area contributed by atoms with Crippen molar-refractivity contribution in [3.05, 3.63) is 83.9 Å². The Hall–Kier alpha value is -4.00. The normalized spacial score (nSPS) is 13.3. The number of rotatable bonds is 7. The van der Waals surface area contributed by atoms with Crippen molar-refractivity contribution in [1.82, 2.24) is 4.90 Å². The number of methoxy groups -OCH3 is 1. The molecule has 4 rings (SSSR count). The van der Waals surface area contributed by atoms with Crippen molar-refractivity contribution in [1.29, 1.82) is 0 Å². The molecule has 3 aromatic rings. The molecule has 0 aromatic heterocycles. The molecule has 0 atom stereocenters. The van der Waals surface area contributed by atoms with Gasteiger partial charge in [-0.15, -0.1) is 0 Å². The van der Waals surface area contributed by atoms with Gasteiger partial charge in [0.15, 0.2) is 0 Å². The average molecular weight is 473 g/mol. The number of carbonyl (C=O) groups excluding carboxylic acids is 2. The Morgan fingerprint density at radius 3 is 2.17 bits per heavy atom. The zero-order valence-electron chi connectivity index (χ0n) is 20.3. The van der Waals surface area contributed by atoms with Gasteiger partial charge < -0.3 is 25.2 Å². The third-order valence-electron chi connectivity index (χ3n) is 6.23. The van der Waals surface area contributed by atoms with Gasteiger partial charge >= 0.3 is 6.03 Å². The van der Waals surface area contributed by atoms with E-state index >= 15 is 0 Å². The van der Waals surface area contributed by atoms with E-state index in [1.54, 1.807) is 7.11 Å². The van der Waals surface area contributed by atoms with Gasteiger partial charge in [0.1, 0.15) is 5.75 Å². The lowest BCUT2D eigenvalue weighted by Crippen LogP contribution is -2.49. The zero-order valence-corrected chi connectivity index (χ0v) is 20.3. The second kappa shape index (κ2) is 11.4. The average Bonchev–Trinajstić information content (AvgIpc) is 2.89. The molecule has 1 aliphatic rings. The van der Waals surface area contributed by atoms with Crippen LogP contribution in [-0.4, -0.2) is 50.1 Å². The summed E-state index contributed by atoms with van der Waals surface area (Å²) in [5.41, 5.74) is 4.75. The maximum atomic E-state index is 12.7. The van der Waals surface area contributed by atoms with Crippen LogP contribution in [0.5, 0.6) is 5.75 Å². The van der Waals surface area contributed by atoms with Gasteiger partial charge in [0.25, 0.3) is 0 Å².